The Hall–Kier alpha value is -2.68. The number of hydrogen-bond donors (Lipinski definition) is 2. The number of fused-ring (bicyclic) bond motifs is 2. The third-order valence-electron chi connectivity index (χ3n) is 3.92. The number of halogens is 1. The van der Waals surface area contributed by atoms with Gasteiger partial charge in [-0.3, -0.25) is 4.40 Å². The highest BCUT2D eigenvalue weighted by Crippen LogP contribution is 2.36. The van der Waals surface area contributed by atoms with Gasteiger partial charge in [0.05, 0.1) is 0 Å². The van der Waals surface area contributed by atoms with E-state index >= 15 is 0 Å². The monoisotopic (exact) mass is 313 g/mol. The smallest absolute Gasteiger partial charge is 0.210 e. The molecule has 0 amide bonds. The Morgan fingerprint density at radius 1 is 1.48 bits per heavy atom. The summed E-state index contributed by atoms with van der Waals surface area (Å²) < 4.78 is 21.2. The Morgan fingerprint density at radius 3 is 3.22 bits per heavy atom. The summed E-state index contributed by atoms with van der Waals surface area (Å²) in [6.45, 7) is 0.309. The SMILES string of the molecule is Bc1cnc(NCc2c(F)ccc3c2C(O)CO3)n2cnnc12. The Labute approximate surface area is 131 Å². The van der Waals surface area contributed by atoms with Crippen molar-refractivity contribution < 1.29 is 14.2 Å². The second-order valence-corrected chi connectivity index (χ2v) is 5.41. The lowest BCUT2D eigenvalue weighted by Crippen LogP contribution is -2.15. The Morgan fingerprint density at radius 2 is 2.35 bits per heavy atom. The lowest BCUT2D eigenvalue weighted by molar-refractivity contribution is 0.140. The zero-order valence-electron chi connectivity index (χ0n) is 12.3. The summed E-state index contributed by atoms with van der Waals surface area (Å²) in [6.07, 6.45) is 2.40. The minimum atomic E-state index is -0.821. The minimum Gasteiger partial charge on any atom is -0.490 e. The number of ether oxygens (including phenoxy) is 1. The molecule has 0 saturated carbocycles. The molecule has 1 aliphatic rings. The molecular formula is C14H13BFN5O2. The van der Waals surface area contributed by atoms with E-state index in [1.165, 1.54) is 12.1 Å². The molecule has 2 aromatic heterocycles. The molecule has 4 rings (SSSR count). The van der Waals surface area contributed by atoms with Crippen LogP contribution in [0.3, 0.4) is 0 Å². The van der Waals surface area contributed by atoms with Crippen molar-refractivity contribution in [2.75, 3.05) is 11.9 Å². The number of aliphatic hydroxyl groups excluding tert-OH is 1. The van der Waals surface area contributed by atoms with Gasteiger partial charge in [0.15, 0.2) is 5.65 Å². The van der Waals surface area contributed by atoms with Crippen molar-refractivity contribution in [3.8, 4) is 5.75 Å². The van der Waals surface area contributed by atoms with Gasteiger partial charge < -0.3 is 15.2 Å². The molecular weight excluding hydrogens is 300 g/mol. The van der Waals surface area contributed by atoms with E-state index in [1.54, 1.807) is 16.9 Å². The van der Waals surface area contributed by atoms with E-state index < -0.39 is 11.9 Å². The molecule has 1 unspecified atom stereocenters. The van der Waals surface area contributed by atoms with E-state index in [0.29, 0.717) is 28.5 Å². The number of benzene rings is 1. The zero-order valence-corrected chi connectivity index (χ0v) is 12.3. The Balaban J connectivity index is 1.69. The van der Waals surface area contributed by atoms with Gasteiger partial charge in [-0.05, 0) is 17.6 Å². The highest BCUT2D eigenvalue weighted by Gasteiger charge is 2.27. The first-order valence-corrected chi connectivity index (χ1v) is 7.16. The van der Waals surface area contributed by atoms with E-state index in [1.807, 2.05) is 7.85 Å². The predicted octanol–water partition coefficient (Wildman–Crippen LogP) is -0.440. The van der Waals surface area contributed by atoms with Crippen LogP contribution in [0.2, 0.25) is 0 Å². The quantitative estimate of drug-likeness (QED) is 0.638. The van der Waals surface area contributed by atoms with Crippen molar-refractivity contribution in [1.82, 2.24) is 19.6 Å². The van der Waals surface area contributed by atoms with Crippen LogP contribution in [0, 0.1) is 5.82 Å². The average Bonchev–Trinajstić information content (AvgIpc) is 3.16. The van der Waals surface area contributed by atoms with Crippen LogP contribution in [0.5, 0.6) is 5.75 Å². The topological polar surface area (TPSA) is 84.6 Å². The molecule has 1 atom stereocenters. The van der Waals surface area contributed by atoms with Gasteiger partial charge in [0.2, 0.25) is 5.95 Å². The molecule has 9 heteroatoms. The van der Waals surface area contributed by atoms with Crippen LogP contribution in [-0.2, 0) is 6.54 Å². The minimum absolute atomic E-state index is 0.143. The molecule has 1 aromatic carbocycles. The largest absolute Gasteiger partial charge is 0.490 e. The van der Waals surface area contributed by atoms with Gasteiger partial charge in [0.25, 0.3) is 0 Å². The van der Waals surface area contributed by atoms with Crippen molar-refractivity contribution in [2.45, 2.75) is 12.6 Å². The van der Waals surface area contributed by atoms with E-state index in [9.17, 15) is 9.50 Å². The van der Waals surface area contributed by atoms with Gasteiger partial charge in [0.1, 0.15) is 38.5 Å². The molecule has 3 heterocycles. The molecule has 0 bridgehead atoms. The summed E-state index contributed by atoms with van der Waals surface area (Å²) in [4.78, 5) is 4.29. The van der Waals surface area contributed by atoms with Crippen molar-refractivity contribution >= 4 is 24.9 Å². The Kier molecular flexibility index (Phi) is 3.15. The molecule has 0 fully saturated rings. The summed E-state index contributed by atoms with van der Waals surface area (Å²) in [5.74, 6) is 0.621. The maximum atomic E-state index is 14.2. The van der Waals surface area contributed by atoms with Gasteiger partial charge >= 0.3 is 0 Å². The number of nitrogens with zero attached hydrogens (tertiary/aromatic N) is 4. The van der Waals surface area contributed by atoms with Crippen LogP contribution < -0.4 is 15.5 Å². The van der Waals surface area contributed by atoms with Gasteiger partial charge in [-0.2, -0.15) is 0 Å². The third-order valence-corrected chi connectivity index (χ3v) is 3.92. The number of hydrogen-bond acceptors (Lipinski definition) is 6. The maximum absolute atomic E-state index is 14.2. The molecule has 7 nitrogen and oxygen atoms in total. The molecule has 23 heavy (non-hydrogen) atoms. The van der Waals surface area contributed by atoms with E-state index in [2.05, 4.69) is 20.5 Å². The lowest BCUT2D eigenvalue weighted by atomic mass is 10.00. The van der Waals surface area contributed by atoms with E-state index in [0.717, 1.165) is 5.46 Å². The first-order chi connectivity index (χ1) is 11.1. The molecule has 1 aliphatic heterocycles. The molecule has 2 N–H and O–H groups in total. The standard InChI is InChI=1S/C14H13BFN5O2/c15-8-4-18-14(21-6-19-20-13(8)21)17-3-7-9(16)1-2-11-12(7)10(22)5-23-11/h1-2,4,6,10,22H,3,5,15H2,(H,17,18). The average molecular weight is 313 g/mol. The molecule has 116 valence electrons. The fourth-order valence-electron chi connectivity index (χ4n) is 2.77. The highest BCUT2D eigenvalue weighted by molar-refractivity contribution is 6.36. The summed E-state index contributed by atoms with van der Waals surface area (Å²) in [6, 6.07) is 2.87. The number of anilines is 1. The molecule has 3 aromatic rings. The molecule has 0 saturated heterocycles. The van der Waals surface area contributed by atoms with Gasteiger partial charge in [-0.25, -0.2) is 9.37 Å². The van der Waals surface area contributed by atoms with Crippen molar-refractivity contribution in [3.05, 3.63) is 41.6 Å². The second kappa shape index (κ2) is 5.20. The van der Waals surface area contributed by atoms with Crippen molar-refractivity contribution in [3.63, 3.8) is 0 Å². The number of aromatic nitrogens is 4. The zero-order chi connectivity index (χ0) is 16.0. The van der Waals surface area contributed by atoms with Gasteiger partial charge in [0, 0.05) is 23.9 Å². The Bertz CT molecular complexity index is 900. The van der Waals surface area contributed by atoms with E-state index in [4.69, 9.17) is 4.74 Å². The lowest BCUT2D eigenvalue weighted by Gasteiger charge is -2.13. The normalized spacial score (nSPS) is 16.3. The molecule has 0 radical (unpaired) electrons. The van der Waals surface area contributed by atoms with Gasteiger partial charge in [-0.15, -0.1) is 10.2 Å². The van der Waals surface area contributed by atoms with Crippen molar-refractivity contribution in [1.29, 1.82) is 0 Å². The highest BCUT2D eigenvalue weighted by atomic mass is 19.1. The first kappa shape index (κ1) is 14.0. The van der Waals surface area contributed by atoms with Crippen LogP contribution >= 0.6 is 0 Å². The number of rotatable bonds is 3. The van der Waals surface area contributed by atoms with Crippen molar-refractivity contribution in [2.24, 2.45) is 0 Å². The van der Waals surface area contributed by atoms with Crippen LogP contribution in [0.25, 0.3) is 5.65 Å². The van der Waals surface area contributed by atoms with Crippen LogP contribution in [0.15, 0.2) is 24.7 Å². The van der Waals surface area contributed by atoms with Crippen LogP contribution in [-0.4, -0.2) is 39.1 Å². The maximum Gasteiger partial charge on any atom is 0.210 e. The number of aliphatic hydroxyl groups is 1. The summed E-state index contributed by atoms with van der Waals surface area (Å²) in [7, 11) is 1.89. The summed E-state index contributed by atoms with van der Waals surface area (Å²) in [5.41, 5.74) is 2.44. The summed E-state index contributed by atoms with van der Waals surface area (Å²) >= 11 is 0. The number of nitrogens with one attached hydrogen (secondary N) is 1. The molecule has 0 spiro atoms. The second-order valence-electron chi connectivity index (χ2n) is 5.41. The van der Waals surface area contributed by atoms with Gasteiger partial charge in [-0.1, -0.05) is 0 Å². The third kappa shape index (κ3) is 2.20. The fourth-order valence-corrected chi connectivity index (χ4v) is 2.77. The van der Waals surface area contributed by atoms with Crippen LogP contribution in [0.4, 0.5) is 10.3 Å². The fraction of sp³-hybridized carbons (Fsp3) is 0.214. The summed E-state index contributed by atoms with van der Waals surface area (Å²) in [5, 5.41) is 21.0. The van der Waals surface area contributed by atoms with E-state index in [-0.39, 0.29) is 13.2 Å². The molecule has 0 aliphatic carbocycles. The predicted molar refractivity (Wildman–Crippen MR) is 83.1 cm³/mol. The van der Waals surface area contributed by atoms with Crippen LogP contribution in [0.1, 0.15) is 17.2 Å². The first-order valence-electron chi connectivity index (χ1n) is 7.16.